The van der Waals surface area contributed by atoms with Crippen molar-refractivity contribution in [2.75, 3.05) is 0 Å². The van der Waals surface area contributed by atoms with Gasteiger partial charge in [-0.05, 0) is 61.1 Å². The van der Waals surface area contributed by atoms with Gasteiger partial charge in [-0.3, -0.25) is 4.98 Å². The summed E-state index contributed by atoms with van der Waals surface area (Å²) in [6.45, 7) is 4.58. The van der Waals surface area contributed by atoms with Crippen molar-refractivity contribution >= 4 is 0 Å². The van der Waals surface area contributed by atoms with Gasteiger partial charge >= 0.3 is 0 Å². The van der Waals surface area contributed by atoms with Crippen LogP contribution in [0, 0.1) is 11.8 Å². The Bertz CT molecular complexity index is 775. The lowest BCUT2D eigenvalue weighted by Gasteiger charge is -2.29. The number of hydrogen-bond donors (Lipinski definition) is 0. The summed E-state index contributed by atoms with van der Waals surface area (Å²) in [7, 11) is 0. The van der Waals surface area contributed by atoms with Crippen LogP contribution in [0.2, 0.25) is 0 Å². The van der Waals surface area contributed by atoms with E-state index in [4.69, 9.17) is 4.98 Å². The summed E-state index contributed by atoms with van der Waals surface area (Å²) in [5, 5.41) is 0. The lowest BCUT2D eigenvalue weighted by atomic mass is 9.77. The molecular weight excluding hydrogens is 422 g/mol. The average molecular weight is 476 g/mol. The summed E-state index contributed by atoms with van der Waals surface area (Å²) in [5.74, 6) is 1.96. The first-order chi connectivity index (χ1) is 17.3. The Morgan fingerprint density at radius 1 is 0.629 bits per heavy atom. The zero-order valence-corrected chi connectivity index (χ0v) is 23.1. The molecule has 1 heteroatoms. The maximum atomic E-state index is 4.77. The fourth-order valence-electron chi connectivity index (χ4n) is 6.03. The molecule has 0 radical (unpaired) electrons. The molecule has 0 saturated heterocycles. The average Bonchev–Trinajstić information content (AvgIpc) is 2.90. The maximum Gasteiger partial charge on any atom is 0.0702 e. The monoisotopic (exact) mass is 475 g/mol. The van der Waals surface area contributed by atoms with Gasteiger partial charge in [0.25, 0.3) is 0 Å². The minimum absolute atomic E-state index is 0.949. The summed E-state index contributed by atoms with van der Waals surface area (Å²) in [4.78, 5) is 4.77. The van der Waals surface area contributed by atoms with E-state index < -0.39 is 0 Å². The van der Waals surface area contributed by atoms with E-state index in [-0.39, 0.29) is 0 Å². The Balaban J connectivity index is 1.36. The fourth-order valence-corrected chi connectivity index (χ4v) is 6.03. The van der Waals surface area contributed by atoms with Crippen LogP contribution in [0.3, 0.4) is 0 Å². The van der Waals surface area contributed by atoms with Gasteiger partial charge in [0, 0.05) is 11.8 Å². The lowest BCUT2D eigenvalue weighted by molar-refractivity contribution is 0.239. The molecule has 2 atom stereocenters. The Labute approximate surface area is 217 Å². The van der Waals surface area contributed by atoms with E-state index in [9.17, 15) is 0 Å². The summed E-state index contributed by atoms with van der Waals surface area (Å²) in [6.07, 6.45) is 28.6. The van der Waals surface area contributed by atoms with Crippen LogP contribution in [0.25, 0.3) is 11.3 Å². The van der Waals surface area contributed by atoms with E-state index in [0.29, 0.717) is 0 Å². The Morgan fingerprint density at radius 3 is 1.94 bits per heavy atom. The van der Waals surface area contributed by atoms with Gasteiger partial charge in [0.05, 0.1) is 5.69 Å². The molecule has 0 N–H and O–H groups in total. The zero-order valence-electron chi connectivity index (χ0n) is 23.1. The first kappa shape index (κ1) is 27.9. The summed E-state index contributed by atoms with van der Waals surface area (Å²) < 4.78 is 0. The third kappa shape index (κ3) is 10.9. The van der Waals surface area contributed by atoms with E-state index in [0.717, 1.165) is 24.0 Å². The molecule has 2 unspecified atom stereocenters. The fraction of sp³-hybridized carbons (Fsp3) is 0.676. The molecule has 1 heterocycles. The normalized spacial score (nSPS) is 18.1. The summed E-state index contributed by atoms with van der Waals surface area (Å²) >= 11 is 0. The minimum Gasteiger partial charge on any atom is -0.256 e. The van der Waals surface area contributed by atoms with E-state index in [2.05, 4.69) is 56.4 Å². The molecule has 1 aliphatic rings. The standard InChI is InChI=1S/C34H53N/c1-3-5-7-9-11-12-15-30-17-14-18-31(27-30)20-19-29-21-24-33(25-22-29)34-26-23-32(28-35-34)16-13-10-8-6-4-2/h21-26,28,30-31H,3-20,27H2,1-2H3. The van der Waals surface area contributed by atoms with Gasteiger partial charge in [0.15, 0.2) is 0 Å². The molecule has 1 aliphatic carbocycles. The highest BCUT2D eigenvalue weighted by Gasteiger charge is 2.21. The SMILES string of the molecule is CCCCCCCCC1CCCC(CCc2ccc(-c3ccc(CCCCCCC)cn3)cc2)C1. The van der Waals surface area contributed by atoms with Gasteiger partial charge in [0.2, 0.25) is 0 Å². The number of hydrogen-bond acceptors (Lipinski definition) is 1. The molecule has 1 aromatic heterocycles. The second-order valence-corrected chi connectivity index (χ2v) is 11.4. The van der Waals surface area contributed by atoms with Crippen LogP contribution in [0.15, 0.2) is 42.6 Å². The number of unbranched alkanes of at least 4 members (excludes halogenated alkanes) is 9. The molecular formula is C34H53N. The van der Waals surface area contributed by atoms with Crippen LogP contribution in [0.4, 0.5) is 0 Å². The molecule has 0 amide bonds. The first-order valence-electron chi connectivity index (χ1n) is 15.3. The Kier molecular flexibility index (Phi) is 13.5. The highest BCUT2D eigenvalue weighted by Crippen LogP contribution is 2.35. The van der Waals surface area contributed by atoms with Crippen LogP contribution in [-0.2, 0) is 12.8 Å². The molecule has 194 valence electrons. The number of aryl methyl sites for hydroxylation is 2. The van der Waals surface area contributed by atoms with Crippen LogP contribution in [0.1, 0.15) is 134 Å². The van der Waals surface area contributed by atoms with Crippen molar-refractivity contribution in [2.45, 2.75) is 136 Å². The van der Waals surface area contributed by atoms with Crippen molar-refractivity contribution in [2.24, 2.45) is 11.8 Å². The Morgan fingerprint density at radius 2 is 1.26 bits per heavy atom. The highest BCUT2D eigenvalue weighted by molar-refractivity contribution is 5.59. The predicted octanol–water partition coefficient (Wildman–Crippen LogP) is 10.8. The molecule has 0 bridgehead atoms. The summed E-state index contributed by atoms with van der Waals surface area (Å²) in [6, 6.07) is 13.7. The van der Waals surface area contributed by atoms with Gasteiger partial charge in [-0.15, -0.1) is 0 Å². The third-order valence-electron chi connectivity index (χ3n) is 8.34. The van der Waals surface area contributed by atoms with Crippen LogP contribution in [0.5, 0.6) is 0 Å². The van der Waals surface area contributed by atoms with Crippen molar-refractivity contribution < 1.29 is 0 Å². The van der Waals surface area contributed by atoms with Crippen molar-refractivity contribution in [3.63, 3.8) is 0 Å². The number of benzene rings is 1. The highest BCUT2D eigenvalue weighted by atomic mass is 14.7. The number of nitrogens with zero attached hydrogens (tertiary/aromatic N) is 1. The van der Waals surface area contributed by atoms with Crippen molar-refractivity contribution in [1.29, 1.82) is 0 Å². The smallest absolute Gasteiger partial charge is 0.0702 e. The van der Waals surface area contributed by atoms with Crippen LogP contribution >= 0.6 is 0 Å². The minimum atomic E-state index is 0.949. The second-order valence-electron chi connectivity index (χ2n) is 11.4. The number of pyridine rings is 1. The quantitative estimate of drug-likeness (QED) is 0.207. The molecule has 1 nitrogen and oxygen atoms in total. The van der Waals surface area contributed by atoms with Gasteiger partial charge in [-0.2, -0.15) is 0 Å². The van der Waals surface area contributed by atoms with Crippen LogP contribution < -0.4 is 0 Å². The molecule has 35 heavy (non-hydrogen) atoms. The molecule has 1 fully saturated rings. The van der Waals surface area contributed by atoms with E-state index in [1.807, 2.05) is 0 Å². The molecule has 0 spiro atoms. The van der Waals surface area contributed by atoms with E-state index in [1.54, 1.807) is 0 Å². The van der Waals surface area contributed by atoms with E-state index >= 15 is 0 Å². The van der Waals surface area contributed by atoms with Gasteiger partial charge in [-0.25, -0.2) is 0 Å². The zero-order chi connectivity index (χ0) is 24.6. The topological polar surface area (TPSA) is 12.9 Å². The first-order valence-corrected chi connectivity index (χ1v) is 15.3. The number of rotatable bonds is 17. The van der Waals surface area contributed by atoms with Gasteiger partial charge < -0.3 is 0 Å². The third-order valence-corrected chi connectivity index (χ3v) is 8.34. The van der Waals surface area contributed by atoms with E-state index in [1.165, 1.54) is 132 Å². The molecule has 2 aromatic rings. The molecule has 1 saturated carbocycles. The lowest BCUT2D eigenvalue weighted by Crippen LogP contribution is -2.16. The predicted molar refractivity (Wildman–Crippen MR) is 154 cm³/mol. The largest absolute Gasteiger partial charge is 0.256 e. The number of aromatic nitrogens is 1. The van der Waals surface area contributed by atoms with Crippen molar-refractivity contribution in [3.8, 4) is 11.3 Å². The van der Waals surface area contributed by atoms with Gasteiger partial charge in [-0.1, -0.05) is 134 Å². The van der Waals surface area contributed by atoms with Crippen molar-refractivity contribution in [3.05, 3.63) is 53.7 Å². The van der Waals surface area contributed by atoms with Crippen LogP contribution in [-0.4, -0.2) is 4.98 Å². The summed E-state index contributed by atoms with van der Waals surface area (Å²) in [5.41, 5.74) is 5.23. The van der Waals surface area contributed by atoms with Gasteiger partial charge in [0.1, 0.15) is 0 Å². The van der Waals surface area contributed by atoms with Crippen molar-refractivity contribution in [1.82, 2.24) is 4.98 Å². The maximum absolute atomic E-state index is 4.77. The molecule has 3 rings (SSSR count). The molecule has 1 aromatic carbocycles. The molecule has 0 aliphatic heterocycles. The Hall–Kier alpha value is -1.63. The second kappa shape index (κ2) is 16.9.